The number of nitrogens with two attached hydrogens (primary N) is 4. The Kier molecular flexibility index (Phi) is 5.75. The lowest BCUT2D eigenvalue weighted by atomic mass is 10.0. The zero-order valence-corrected chi connectivity index (χ0v) is 9.44. The number of nitrogens with zero attached hydrogens (tertiary/aromatic N) is 1. The van der Waals surface area contributed by atoms with Crippen molar-refractivity contribution in [2.24, 2.45) is 27.9 Å². The maximum Gasteiger partial charge on any atom is 0.344 e. The zero-order chi connectivity index (χ0) is 13.5. The topological polar surface area (TPSA) is 190 Å². The number of carboxylic acids is 1. The van der Waals surface area contributed by atoms with Gasteiger partial charge in [-0.3, -0.25) is 16.1 Å². The molecule has 0 fully saturated rings. The van der Waals surface area contributed by atoms with E-state index in [0.717, 1.165) is 0 Å². The van der Waals surface area contributed by atoms with E-state index in [0.29, 0.717) is 19.4 Å². The Morgan fingerprint density at radius 2 is 1.94 bits per heavy atom. The van der Waals surface area contributed by atoms with Gasteiger partial charge in [0.2, 0.25) is 0 Å². The van der Waals surface area contributed by atoms with Crippen LogP contribution in [0.15, 0.2) is 4.99 Å². The van der Waals surface area contributed by atoms with Crippen molar-refractivity contribution in [1.29, 1.82) is 5.41 Å². The Labute approximate surface area is 98.7 Å². The summed E-state index contributed by atoms with van der Waals surface area (Å²) in [6.07, 6.45) is 1.19. The molecule has 0 aliphatic heterocycles. The zero-order valence-electron chi connectivity index (χ0n) is 9.44. The molecular formula is C8H19N7O2. The number of carboxylic acid groups (broad SMARTS) is 1. The Morgan fingerprint density at radius 1 is 1.35 bits per heavy atom. The number of rotatable bonds is 7. The van der Waals surface area contributed by atoms with Gasteiger partial charge < -0.3 is 27.6 Å². The van der Waals surface area contributed by atoms with Crippen LogP contribution in [0.25, 0.3) is 0 Å². The summed E-state index contributed by atoms with van der Waals surface area (Å²) in [5.41, 5.74) is 19.1. The summed E-state index contributed by atoms with van der Waals surface area (Å²) in [6, 6.07) is 0. The average molecular weight is 245 g/mol. The highest BCUT2D eigenvalue weighted by atomic mass is 16.4. The normalized spacial score (nSPS) is 13.5. The van der Waals surface area contributed by atoms with Gasteiger partial charge in [-0.1, -0.05) is 0 Å². The number of nitrogens with one attached hydrogen (secondary N) is 2. The molecule has 0 aromatic heterocycles. The number of hydrogen-bond donors (Lipinski definition) is 7. The average Bonchev–Trinajstić information content (AvgIpc) is 2.15. The number of hydrogen-bond acceptors (Lipinski definition) is 4. The van der Waals surface area contributed by atoms with E-state index in [4.69, 9.17) is 33.5 Å². The van der Waals surface area contributed by atoms with Crippen LogP contribution in [0.1, 0.15) is 19.3 Å². The Bertz CT molecular complexity index is 313. The summed E-state index contributed by atoms with van der Waals surface area (Å²) >= 11 is 0. The summed E-state index contributed by atoms with van der Waals surface area (Å²) in [4.78, 5) is 14.7. The molecule has 0 amide bonds. The minimum Gasteiger partial charge on any atom is -0.478 e. The van der Waals surface area contributed by atoms with Gasteiger partial charge in [0.05, 0.1) is 0 Å². The van der Waals surface area contributed by atoms with Crippen molar-refractivity contribution < 1.29 is 9.90 Å². The maximum absolute atomic E-state index is 10.9. The van der Waals surface area contributed by atoms with Crippen LogP contribution in [0.4, 0.5) is 0 Å². The van der Waals surface area contributed by atoms with Gasteiger partial charge in [0.25, 0.3) is 0 Å². The molecular weight excluding hydrogens is 226 g/mol. The molecule has 11 N–H and O–H groups in total. The smallest absolute Gasteiger partial charge is 0.344 e. The number of carbonyl (C=O) groups is 1. The first-order chi connectivity index (χ1) is 7.78. The monoisotopic (exact) mass is 245 g/mol. The van der Waals surface area contributed by atoms with Gasteiger partial charge in [-0.25, -0.2) is 4.79 Å². The first kappa shape index (κ1) is 15.0. The van der Waals surface area contributed by atoms with Crippen molar-refractivity contribution in [2.45, 2.75) is 24.9 Å². The van der Waals surface area contributed by atoms with Gasteiger partial charge in [0.15, 0.2) is 17.6 Å². The molecule has 0 aromatic rings. The van der Waals surface area contributed by atoms with Gasteiger partial charge in [-0.05, 0) is 19.3 Å². The minimum absolute atomic E-state index is 0.0101. The SMILES string of the molecule is N=C(N)NC(N)(CCCCN=C(N)N)C(=O)O. The number of unbranched alkanes of at least 4 members (excludes halogenated alkanes) is 1. The first-order valence-electron chi connectivity index (χ1n) is 4.98. The lowest BCUT2D eigenvalue weighted by molar-refractivity contribution is -0.144. The van der Waals surface area contributed by atoms with Crippen LogP contribution in [0.2, 0.25) is 0 Å². The van der Waals surface area contributed by atoms with Crippen LogP contribution in [-0.2, 0) is 4.79 Å². The highest BCUT2D eigenvalue weighted by molar-refractivity contribution is 5.85. The van der Waals surface area contributed by atoms with Crippen molar-refractivity contribution in [3.05, 3.63) is 0 Å². The quantitative estimate of drug-likeness (QED) is 0.113. The Hall–Kier alpha value is -2.03. The summed E-state index contributed by atoms with van der Waals surface area (Å²) in [7, 11) is 0. The summed E-state index contributed by atoms with van der Waals surface area (Å²) in [5.74, 6) is -1.77. The van der Waals surface area contributed by atoms with E-state index in [2.05, 4.69) is 10.3 Å². The number of guanidine groups is 2. The molecule has 9 nitrogen and oxygen atoms in total. The van der Waals surface area contributed by atoms with Gasteiger partial charge in [-0.15, -0.1) is 0 Å². The first-order valence-corrected chi connectivity index (χ1v) is 4.98. The van der Waals surface area contributed by atoms with Crippen LogP contribution >= 0.6 is 0 Å². The fourth-order valence-electron chi connectivity index (χ4n) is 1.19. The summed E-state index contributed by atoms with van der Waals surface area (Å²) in [6.45, 7) is 0.401. The molecule has 0 aliphatic carbocycles. The van der Waals surface area contributed by atoms with Crippen LogP contribution in [0.5, 0.6) is 0 Å². The van der Waals surface area contributed by atoms with Gasteiger partial charge in [0, 0.05) is 6.54 Å². The van der Waals surface area contributed by atoms with E-state index in [1.54, 1.807) is 0 Å². The molecule has 0 radical (unpaired) electrons. The molecule has 0 aliphatic rings. The van der Waals surface area contributed by atoms with Crippen LogP contribution in [0, 0.1) is 5.41 Å². The lowest BCUT2D eigenvalue weighted by Gasteiger charge is -2.25. The van der Waals surface area contributed by atoms with Crippen molar-refractivity contribution in [2.75, 3.05) is 6.54 Å². The van der Waals surface area contributed by atoms with E-state index in [9.17, 15) is 4.79 Å². The van der Waals surface area contributed by atoms with E-state index in [1.165, 1.54) is 0 Å². The third-order valence-corrected chi connectivity index (χ3v) is 2.01. The molecule has 1 atom stereocenters. The second kappa shape index (κ2) is 6.53. The molecule has 17 heavy (non-hydrogen) atoms. The Morgan fingerprint density at radius 3 is 2.35 bits per heavy atom. The third-order valence-electron chi connectivity index (χ3n) is 2.01. The summed E-state index contributed by atoms with van der Waals surface area (Å²) in [5, 5.41) is 18.1. The third kappa shape index (κ3) is 6.20. The van der Waals surface area contributed by atoms with Crippen molar-refractivity contribution in [3.63, 3.8) is 0 Å². The van der Waals surface area contributed by atoms with Crippen molar-refractivity contribution in [1.82, 2.24) is 5.32 Å². The molecule has 0 spiro atoms. The lowest BCUT2D eigenvalue weighted by Crippen LogP contribution is -2.62. The van der Waals surface area contributed by atoms with Crippen LogP contribution < -0.4 is 28.3 Å². The van der Waals surface area contributed by atoms with E-state index in [-0.39, 0.29) is 12.4 Å². The fraction of sp³-hybridized carbons (Fsp3) is 0.625. The van der Waals surface area contributed by atoms with Gasteiger partial charge in [-0.2, -0.15) is 0 Å². The van der Waals surface area contributed by atoms with Crippen LogP contribution in [0.3, 0.4) is 0 Å². The molecule has 0 bridgehead atoms. The number of aliphatic carboxylic acids is 1. The largest absolute Gasteiger partial charge is 0.478 e. The van der Waals surface area contributed by atoms with Crippen LogP contribution in [-0.4, -0.2) is 35.2 Å². The van der Waals surface area contributed by atoms with Crippen molar-refractivity contribution >= 4 is 17.9 Å². The molecule has 0 rings (SSSR count). The van der Waals surface area contributed by atoms with E-state index in [1.807, 2.05) is 0 Å². The predicted molar refractivity (Wildman–Crippen MR) is 64.1 cm³/mol. The highest BCUT2D eigenvalue weighted by Crippen LogP contribution is 2.08. The molecule has 0 saturated heterocycles. The van der Waals surface area contributed by atoms with E-state index >= 15 is 0 Å². The minimum atomic E-state index is -1.73. The summed E-state index contributed by atoms with van der Waals surface area (Å²) < 4.78 is 0. The van der Waals surface area contributed by atoms with Crippen molar-refractivity contribution in [3.8, 4) is 0 Å². The second-order valence-electron chi connectivity index (χ2n) is 3.58. The fourth-order valence-corrected chi connectivity index (χ4v) is 1.19. The number of aliphatic imine (C=N–C) groups is 1. The molecule has 0 heterocycles. The molecule has 98 valence electrons. The standard InChI is InChI=1S/C8H19N7O2/c9-6(10)14-4-2-1-3-8(13,5(16)17)15-7(11)12/h1-4,13H2,(H,16,17)(H4,9,10,14)(H4,11,12,15). The maximum atomic E-state index is 10.9. The molecule has 1 unspecified atom stereocenters. The Balaban J connectivity index is 4.15. The molecule has 9 heteroatoms. The second-order valence-corrected chi connectivity index (χ2v) is 3.58. The highest BCUT2D eigenvalue weighted by Gasteiger charge is 2.33. The predicted octanol–water partition coefficient (Wildman–Crippen LogP) is -2.35. The van der Waals surface area contributed by atoms with E-state index < -0.39 is 17.6 Å². The molecule has 0 aromatic carbocycles. The van der Waals surface area contributed by atoms with Gasteiger partial charge in [0.1, 0.15) is 0 Å². The molecule has 0 saturated carbocycles. The van der Waals surface area contributed by atoms with Gasteiger partial charge >= 0.3 is 5.97 Å².